The van der Waals surface area contributed by atoms with Gasteiger partial charge in [-0.2, -0.15) is 0 Å². The molecule has 0 atom stereocenters. The minimum atomic E-state index is -0.226. The van der Waals surface area contributed by atoms with E-state index in [-0.39, 0.29) is 11.5 Å². The lowest BCUT2D eigenvalue weighted by Gasteiger charge is -2.30. The van der Waals surface area contributed by atoms with E-state index in [0.29, 0.717) is 28.7 Å². The number of carbonyl (C=O) groups is 1. The van der Waals surface area contributed by atoms with Crippen LogP contribution in [-0.4, -0.2) is 50.2 Å². The van der Waals surface area contributed by atoms with E-state index in [0.717, 1.165) is 54.5 Å². The van der Waals surface area contributed by atoms with Crippen molar-refractivity contribution in [3.63, 3.8) is 0 Å². The van der Waals surface area contributed by atoms with Crippen molar-refractivity contribution in [2.45, 2.75) is 50.3 Å². The molecule has 0 aromatic carbocycles. The Labute approximate surface area is 166 Å². The minimum absolute atomic E-state index is 0.151. The number of rotatable bonds is 3. The quantitative estimate of drug-likeness (QED) is 0.494. The second kappa shape index (κ2) is 6.70. The number of hydrogen-bond acceptors (Lipinski definition) is 7. The third-order valence-electron chi connectivity index (χ3n) is 5.38. The summed E-state index contributed by atoms with van der Waals surface area (Å²) < 4.78 is 12.0. The largest absolute Gasteiger partial charge is 0.433 e. The molecule has 1 amide bonds. The van der Waals surface area contributed by atoms with Gasteiger partial charge in [-0.25, -0.2) is 15.0 Å². The molecule has 5 heterocycles. The molecule has 146 valence electrons. The van der Waals surface area contributed by atoms with Crippen LogP contribution >= 0.6 is 11.8 Å². The number of thioether (sulfide) groups is 1. The number of hydrogen-bond donors (Lipinski definition) is 0. The van der Waals surface area contributed by atoms with Crippen molar-refractivity contribution in [1.29, 1.82) is 0 Å². The number of ether oxygens (including phenoxy) is 1. The summed E-state index contributed by atoms with van der Waals surface area (Å²) >= 11 is 1.40. The van der Waals surface area contributed by atoms with Gasteiger partial charge in [-0.15, -0.1) is 0 Å². The maximum atomic E-state index is 12.4. The highest BCUT2D eigenvalue weighted by Gasteiger charge is 2.29. The monoisotopic (exact) mass is 398 g/mol. The first-order valence-corrected chi connectivity index (χ1v) is 10.6. The molecule has 1 saturated heterocycles. The molecule has 0 aliphatic carbocycles. The molecular weight excluding hydrogens is 376 g/mol. The molecular formula is C20H22N4O3S. The molecule has 3 aromatic rings. The van der Waals surface area contributed by atoms with Gasteiger partial charge in [0.2, 0.25) is 11.6 Å². The van der Waals surface area contributed by atoms with E-state index in [1.54, 1.807) is 0 Å². The van der Waals surface area contributed by atoms with E-state index in [4.69, 9.17) is 14.1 Å². The highest BCUT2D eigenvalue weighted by atomic mass is 32.2. The van der Waals surface area contributed by atoms with E-state index in [1.165, 1.54) is 18.1 Å². The second-order valence-electron chi connectivity index (χ2n) is 8.01. The average Bonchev–Trinajstić information content (AvgIpc) is 3.32. The second-order valence-corrected chi connectivity index (χ2v) is 8.97. The van der Waals surface area contributed by atoms with Crippen LogP contribution < -0.4 is 0 Å². The van der Waals surface area contributed by atoms with E-state index < -0.39 is 0 Å². The molecule has 0 spiro atoms. The van der Waals surface area contributed by atoms with Crippen LogP contribution in [0.1, 0.15) is 37.9 Å². The van der Waals surface area contributed by atoms with Crippen molar-refractivity contribution in [3.8, 4) is 0 Å². The van der Waals surface area contributed by atoms with Gasteiger partial charge in [0, 0.05) is 25.1 Å². The van der Waals surface area contributed by atoms with Crippen LogP contribution in [0.3, 0.4) is 0 Å². The third-order valence-corrected chi connectivity index (χ3v) is 6.34. The number of nitrogens with zero attached hydrogens (tertiary/aromatic N) is 4. The van der Waals surface area contributed by atoms with Crippen molar-refractivity contribution < 1.29 is 13.9 Å². The molecule has 7 nitrogen and oxygen atoms in total. The summed E-state index contributed by atoms with van der Waals surface area (Å²) in [5.41, 5.74) is 3.77. The molecule has 3 aromatic heterocycles. The van der Waals surface area contributed by atoms with E-state index >= 15 is 0 Å². The molecule has 0 saturated carbocycles. The average molecular weight is 398 g/mol. The van der Waals surface area contributed by atoms with Crippen LogP contribution in [-0.2, 0) is 22.6 Å². The molecule has 0 bridgehead atoms. The predicted octanol–water partition coefficient (Wildman–Crippen LogP) is 3.34. The lowest BCUT2D eigenvalue weighted by molar-refractivity contribution is -0.127. The van der Waals surface area contributed by atoms with E-state index in [9.17, 15) is 4.79 Å². The Morgan fingerprint density at radius 1 is 1.29 bits per heavy atom. The highest BCUT2D eigenvalue weighted by molar-refractivity contribution is 8.00. The van der Waals surface area contributed by atoms with Crippen molar-refractivity contribution in [2.24, 2.45) is 0 Å². The van der Waals surface area contributed by atoms with Gasteiger partial charge in [0.05, 0.1) is 29.0 Å². The first-order chi connectivity index (χ1) is 13.5. The van der Waals surface area contributed by atoms with Gasteiger partial charge in [-0.1, -0.05) is 11.8 Å². The fraction of sp³-hybridized carbons (Fsp3) is 0.500. The Hall–Kier alpha value is -2.19. The van der Waals surface area contributed by atoms with Gasteiger partial charge in [-0.3, -0.25) is 4.79 Å². The van der Waals surface area contributed by atoms with Gasteiger partial charge in [0.1, 0.15) is 16.9 Å². The number of furan rings is 1. The first kappa shape index (κ1) is 17.9. The molecule has 2 aliphatic rings. The summed E-state index contributed by atoms with van der Waals surface area (Å²) in [4.78, 5) is 27.8. The summed E-state index contributed by atoms with van der Waals surface area (Å²) in [6, 6.07) is 2.07. The molecule has 2 aliphatic heterocycles. The first-order valence-electron chi connectivity index (χ1n) is 9.61. The molecule has 0 radical (unpaired) electrons. The van der Waals surface area contributed by atoms with E-state index in [2.05, 4.69) is 29.9 Å². The van der Waals surface area contributed by atoms with Gasteiger partial charge >= 0.3 is 0 Å². The molecule has 1 fully saturated rings. The fourth-order valence-electron chi connectivity index (χ4n) is 3.86. The Bertz CT molecular complexity index is 1070. The number of likely N-dealkylation sites (tertiary alicyclic amines) is 1. The van der Waals surface area contributed by atoms with Crippen LogP contribution in [0.15, 0.2) is 21.8 Å². The summed E-state index contributed by atoms with van der Waals surface area (Å²) in [6.45, 7) is 6.39. The predicted molar refractivity (Wildman–Crippen MR) is 106 cm³/mol. The molecule has 5 rings (SSSR count). The lowest BCUT2D eigenvalue weighted by atomic mass is 9.95. The number of fused-ring (bicyclic) bond motifs is 4. The standard InChI is InChI=1S/C20H22N4O3S/c1-20(2)8-14-12(9-26-20)7-13-16-17(27-18(13)23-14)19(22-11-21-16)28-10-15(25)24-5-3-4-6-24/h7,11H,3-6,8-10H2,1-2H3. The van der Waals surface area contributed by atoms with Gasteiger partial charge in [0.25, 0.3) is 0 Å². The van der Waals surface area contributed by atoms with Crippen molar-refractivity contribution in [1.82, 2.24) is 19.9 Å². The number of aromatic nitrogens is 3. The Kier molecular flexibility index (Phi) is 4.28. The molecule has 8 heteroatoms. The Morgan fingerprint density at radius 2 is 2.11 bits per heavy atom. The van der Waals surface area contributed by atoms with Crippen LogP contribution in [0.4, 0.5) is 0 Å². The number of pyridine rings is 1. The van der Waals surface area contributed by atoms with Crippen molar-refractivity contribution >= 4 is 39.9 Å². The van der Waals surface area contributed by atoms with Crippen LogP contribution in [0.2, 0.25) is 0 Å². The minimum Gasteiger partial charge on any atom is -0.433 e. The van der Waals surface area contributed by atoms with Crippen LogP contribution in [0.25, 0.3) is 22.2 Å². The Balaban J connectivity index is 1.48. The van der Waals surface area contributed by atoms with Gasteiger partial charge < -0.3 is 14.1 Å². The third kappa shape index (κ3) is 3.14. The maximum Gasteiger partial charge on any atom is 0.232 e. The number of carbonyl (C=O) groups excluding carboxylic acids is 1. The summed E-state index contributed by atoms with van der Waals surface area (Å²) in [5.74, 6) is 0.508. The molecule has 28 heavy (non-hydrogen) atoms. The summed E-state index contributed by atoms with van der Waals surface area (Å²) in [7, 11) is 0. The SMILES string of the molecule is CC1(C)Cc2nc3oc4c(SCC(=O)N5CCCC5)ncnc4c3cc2CO1. The van der Waals surface area contributed by atoms with Crippen molar-refractivity contribution in [3.05, 3.63) is 23.7 Å². The lowest BCUT2D eigenvalue weighted by Crippen LogP contribution is -2.32. The maximum absolute atomic E-state index is 12.4. The van der Waals surface area contributed by atoms with Crippen LogP contribution in [0, 0.1) is 0 Å². The topological polar surface area (TPSA) is 81.4 Å². The summed E-state index contributed by atoms with van der Waals surface area (Å²) in [6.07, 6.45) is 4.45. The molecule has 0 unspecified atom stereocenters. The van der Waals surface area contributed by atoms with Gasteiger partial charge in [-0.05, 0) is 32.8 Å². The smallest absolute Gasteiger partial charge is 0.232 e. The van der Waals surface area contributed by atoms with Crippen molar-refractivity contribution in [2.75, 3.05) is 18.8 Å². The van der Waals surface area contributed by atoms with Gasteiger partial charge in [0.15, 0.2) is 5.58 Å². The molecule has 0 N–H and O–H groups in total. The number of amides is 1. The zero-order valence-corrected chi connectivity index (χ0v) is 16.8. The van der Waals surface area contributed by atoms with Crippen LogP contribution in [0.5, 0.6) is 0 Å². The normalized spacial score (nSPS) is 18.7. The highest BCUT2D eigenvalue weighted by Crippen LogP contribution is 2.35. The van der Waals surface area contributed by atoms with E-state index in [1.807, 2.05) is 4.90 Å². The fourth-order valence-corrected chi connectivity index (χ4v) is 4.69. The zero-order chi connectivity index (χ0) is 19.3. The summed E-state index contributed by atoms with van der Waals surface area (Å²) in [5, 5.41) is 1.55. The zero-order valence-electron chi connectivity index (χ0n) is 16.0. The Morgan fingerprint density at radius 3 is 2.93 bits per heavy atom.